The van der Waals surface area contributed by atoms with Gasteiger partial charge >= 0.3 is 17.9 Å². The van der Waals surface area contributed by atoms with Gasteiger partial charge in [0.05, 0.1) is 0 Å². The largest absolute Gasteiger partial charge is 0.462 e. The highest BCUT2D eigenvalue weighted by atomic mass is 16.6. The van der Waals surface area contributed by atoms with E-state index in [9.17, 15) is 14.4 Å². The molecular weight excluding hydrogens is 889 g/mol. The van der Waals surface area contributed by atoms with Crippen molar-refractivity contribution in [3.63, 3.8) is 0 Å². The monoisotopic (exact) mass is 1010 g/mol. The van der Waals surface area contributed by atoms with Crippen molar-refractivity contribution in [3.05, 3.63) is 48.6 Å². The van der Waals surface area contributed by atoms with Gasteiger partial charge in [-0.05, 0) is 103 Å². The van der Waals surface area contributed by atoms with Crippen LogP contribution in [-0.2, 0) is 28.6 Å². The zero-order chi connectivity index (χ0) is 52.2. The number of ether oxygens (including phenoxy) is 3. The van der Waals surface area contributed by atoms with Crippen LogP contribution in [-0.4, -0.2) is 37.2 Å². The van der Waals surface area contributed by atoms with E-state index in [1.165, 1.54) is 225 Å². The Kier molecular flexibility index (Phi) is 58.7. The van der Waals surface area contributed by atoms with Gasteiger partial charge in [-0.2, -0.15) is 0 Å². The Hall–Kier alpha value is -2.63. The highest BCUT2D eigenvalue weighted by Crippen LogP contribution is 2.16. The zero-order valence-electron chi connectivity index (χ0n) is 48.2. The van der Waals surface area contributed by atoms with Crippen LogP contribution in [0.5, 0.6) is 0 Å². The summed E-state index contributed by atoms with van der Waals surface area (Å²) in [4.78, 5) is 38.3. The van der Waals surface area contributed by atoms with Gasteiger partial charge < -0.3 is 14.2 Å². The van der Waals surface area contributed by atoms with E-state index in [0.29, 0.717) is 19.3 Å². The van der Waals surface area contributed by atoms with E-state index in [2.05, 4.69) is 69.4 Å². The third-order valence-corrected chi connectivity index (χ3v) is 14.0. The highest BCUT2D eigenvalue weighted by Gasteiger charge is 2.19. The minimum atomic E-state index is -0.780. The highest BCUT2D eigenvalue weighted by molar-refractivity contribution is 5.71. The van der Waals surface area contributed by atoms with Gasteiger partial charge in [-0.1, -0.05) is 262 Å². The second kappa shape index (κ2) is 60.9. The fourth-order valence-electron chi connectivity index (χ4n) is 9.23. The van der Waals surface area contributed by atoms with E-state index in [1.54, 1.807) is 0 Å². The van der Waals surface area contributed by atoms with Crippen molar-refractivity contribution in [2.45, 2.75) is 341 Å². The van der Waals surface area contributed by atoms with Crippen molar-refractivity contribution in [2.75, 3.05) is 13.2 Å². The first-order valence-corrected chi connectivity index (χ1v) is 31.6. The van der Waals surface area contributed by atoms with Crippen LogP contribution in [0.1, 0.15) is 335 Å². The number of unbranched alkanes of at least 4 members (excludes halogenated alkanes) is 39. The molecule has 6 nitrogen and oxygen atoms in total. The van der Waals surface area contributed by atoms with Crippen LogP contribution >= 0.6 is 0 Å². The van der Waals surface area contributed by atoms with Crippen LogP contribution in [0.3, 0.4) is 0 Å². The summed E-state index contributed by atoms with van der Waals surface area (Å²) in [5, 5.41) is 0. The molecule has 0 radical (unpaired) electrons. The summed E-state index contributed by atoms with van der Waals surface area (Å²) in [5.41, 5.74) is 0. The summed E-state index contributed by atoms with van der Waals surface area (Å²) < 4.78 is 16.9. The molecule has 6 heteroatoms. The molecule has 0 spiro atoms. The predicted molar refractivity (Wildman–Crippen MR) is 312 cm³/mol. The fraction of sp³-hybridized carbons (Fsp3) is 0.833. The molecule has 0 aromatic carbocycles. The van der Waals surface area contributed by atoms with Gasteiger partial charge in [0.1, 0.15) is 13.2 Å². The summed E-state index contributed by atoms with van der Waals surface area (Å²) in [6, 6.07) is 0. The maximum Gasteiger partial charge on any atom is 0.306 e. The van der Waals surface area contributed by atoms with Crippen molar-refractivity contribution < 1.29 is 28.6 Å². The van der Waals surface area contributed by atoms with Crippen molar-refractivity contribution in [1.82, 2.24) is 0 Å². The third-order valence-electron chi connectivity index (χ3n) is 14.0. The Labute approximate surface area is 448 Å². The van der Waals surface area contributed by atoms with E-state index >= 15 is 0 Å². The maximum atomic E-state index is 12.9. The average Bonchev–Trinajstić information content (AvgIpc) is 3.38. The number of hydrogen-bond acceptors (Lipinski definition) is 6. The summed E-state index contributed by atoms with van der Waals surface area (Å²) in [6.07, 6.45) is 75.3. The Bertz CT molecular complexity index is 1250. The lowest BCUT2D eigenvalue weighted by atomic mass is 10.1. The van der Waals surface area contributed by atoms with Crippen LogP contribution in [0, 0.1) is 0 Å². The molecule has 0 heterocycles. The smallest absolute Gasteiger partial charge is 0.306 e. The lowest BCUT2D eigenvalue weighted by molar-refractivity contribution is -0.167. The third kappa shape index (κ3) is 58.3. The van der Waals surface area contributed by atoms with Crippen molar-refractivity contribution in [1.29, 1.82) is 0 Å². The van der Waals surface area contributed by atoms with E-state index < -0.39 is 6.10 Å². The molecule has 1 atom stereocenters. The Morgan fingerprint density at radius 3 is 0.806 bits per heavy atom. The van der Waals surface area contributed by atoms with Crippen LogP contribution in [0.2, 0.25) is 0 Å². The van der Waals surface area contributed by atoms with Crippen LogP contribution in [0.15, 0.2) is 48.6 Å². The summed E-state index contributed by atoms with van der Waals surface area (Å²) >= 11 is 0. The molecule has 0 aromatic rings. The average molecular weight is 1010 g/mol. The second-order valence-electron chi connectivity index (χ2n) is 21.3. The van der Waals surface area contributed by atoms with Gasteiger partial charge in [0.2, 0.25) is 0 Å². The molecule has 0 aliphatic heterocycles. The first-order valence-electron chi connectivity index (χ1n) is 31.6. The molecule has 0 aromatic heterocycles. The minimum Gasteiger partial charge on any atom is -0.462 e. The van der Waals surface area contributed by atoms with E-state index in [1.807, 2.05) is 0 Å². The molecule has 0 rings (SSSR count). The van der Waals surface area contributed by atoms with Crippen molar-refractivity contribution >= 4 is 17.9 Å². The Morgan fingerprint density at radius 2 is 0.500 bits per heavy atom. The number of hydrogen-bond donors (Lipinski definition) is 0. The van der Waals surface area contributed by atoms with Gasteiger partial charge in [0, 0.05) is 19.3 Å². The molecule has 1 unspecified atom stereocenters. The van der Waals surface area contributed by atoms with Crippen LogP contribution in [0.4, 0.5) is 0 Å². The molecular formula is C66H120O6. The minimum absolute atomic E-state index is 0.0763. The summed E-state index contributed by atoms with van der Waals surface area (Å²) in [6.45, 7) is 6.64. The van der Waals surface area contributed by atoms with E-state index in [0.717, 1.165) is 70.6 Å². The molecule has 0 aliphatic carbocycles. The topological polar surface area (TPSA) is 78.9 Å². The van der Waals surface area contributed by atoms with Gasteiger partial charge in [-0.3, -0.25) is 14.4 Å². The lowest BCUT2D eigenvalue weighted by Gasteiger charge is -2.18. The number of rotatable bonds is 58. The molecule has 0 aliphatic rings. The molecule has 0 bridgehead atoms. The van der Waals surface area contributed by atoms with Crippen molar-refractivity contribution in [3.8, 4) is 0 Å². The first kappa shape index (κ1) is 69.4. The molecule has 0 amide bonds. The number of allylic oxidation sites excluding steroid dienone is 8. The quantitative estimate of drug-likeness (QED) is 0.0261. The molecule has 0 fully saturated rings. The standard InChI is InChI=1S/C66H120O6/c1-4-7-10-13-16-19-22-25-28-31-33-36-38-41-44-47-50-53-56-59-65(68)71-62-63(61-70-64(67)58-55-52-49-46-43-40-37-34-30-27-24-21-18-15-12-9-6-3)72-66(69)60-57-54-51-48-45-42-39-35-32-29-26-23-20-17-14-11-8-5-2/h18,21,25,27-30,32,63H,4-17,19-20,22-24,26,31,33-62H2,1-3H3/b21-18-,28-25-,30-27-,32-29-. The normalized spacial score (nSPS) is 12.3. The summed E-state index contributed by atoms with van der Waals surface area (Å²) in [7, 11) is 0. The number of carbonyl (C=O) groups is 3. The van der Waals surface area contributed by atoms with E-state index in [4.69, 9.17) is 14.2 Å². The molecule has 420 valence electrons. The van der Waals surface area contributed by atoms with Crippen molar-refractivity contribution in [2.24, 2.45) is 0 Å². The molecule has 0 N–H and O–H groups in total. The van der Waals surface area contributed by atoms with Gasteiger partial charge in [0.25, 0.3) is 0 Å². The fourth-order valence-corrected chi connectivity index (χ4v) is 9.23. The first-order chi connectivity index (χ1) is 35.5. The molecule has 0 saturated carbocycles. The SMILES string of the molecule is CCCCC/C=C\C/C=C\CCCCCCCCCC(=O)OCC(COC(=O)CCCCCCCCCCC/C=C\CCCCCCCC)OC(=O)CCCCCCCCC/C=C\CCCCCCCCC. The van der Waals surface area contributed by atoms with Gasteiger partial charge in [-0.15, -0.1) is 0 Å². The lowest BCUT2D eigenvalue weighted by Crippen LogP contribution is -2.30. The van der Waals surface area contributed by atoms with Crippen LogP contribution in [0.25, 0.3) is 0 Å². The number of esters is 3. The second-order valence-corrected chi connectivity index (χ2v) is 21.3. The van der Waals surface area contributed by atoms with Gasteiger partial charge in [-0.25, -0.2) is 0 Å². The summed E-state index contributed by atoms with van der Waals surface area (Å²) in [5.74, 6) is -0.872. The Morgan fingerprint density at radius 1 is 0.278 bits per heavy atom. The van der Waals surface area contributed by atoms with E-state index in [-0.39, 0.29) is 31.1 Å². The predicted octanol–water partition coefficient (Wildman–Crippen LogP) is 21.4. The molecule has 0 saturated heterocycles. The maximum absolute atomic E-state index is 12.9. The number of carbonyl (C=O) groups excluding carboxylic acids is 3. The Balaban J connectivity index is 4.37. The van der Waals surface area contributed by atoms with Crippen LogP contribution < -0.4 is 0 Å². The zero-order valence-corrected chi connectivity index (χ0v) is 48.2. The van der Waals surface area contributed by atoms with Gasteiger partial charge in [0.15, 0.2) is 6.10 Å². The molecule has 72 heavy (non-hydrogen) atoms.